The number of nitrogens with one attached hydrogen (secondary N) is 1. The Bertz CT molecular complexity index is 610. The van der Waals surface area contributed by atoms with E-state index in [0.29, 0.717) is 10.6 Å². The molecule has 4 heteroatoms. The molecule has 0 amide bonds. The Morgan fingerprint density at radius 3 is 2.68 bits per heavy atom. The van der Waals surface area contributed by atoms with Crippen LogP contribution >= 0.6 is 11.6 Å². The van der Waals surface area contributed by atoms with Crippen LogP contribution in [0.1, 0.15) is 27.7 Å². The Hall–Kier alpha value is -1.84. The molecule has 2 aromatic rings. The molecule has 1 N–H and O–H groups in total. The molecule has 0 spiro atoms. The van der Waals surface area contributed by atoms with Gasteiger partial charge in [0.2, 0.25) is 0 Å². The van der Waals surface area contributed by atoms with Crippen LogP contribution in [-0.2, 0) is 11.3 Å². The van der Waals surface area contributed by atoms with Crippen molar-refractivity contribution in [3.05, 3.63) is 70.2 Å². The molecule has 1 atom stereocenters. The number of benzene rings is 2. The van der Waals surface area contributed by atoms with Gasteiger partial charge in [0.15, 0.2) is 6.23 Å². The number of fused-ring (bicyclic) bond motifs is 1. The van der Waals surface area contributed by atoms with Gasteiger partial charge in [-0.2, -0.15) is 0 Å². The molecule has 0 saturated carbocycles. The molecule has 3 nitrogen and oxygen atoms in total. The van der Waals surface area contributed by atoms with Crippen molar-refractivity contribution in [2.24, 2.45) is 0 Å². The first-order chi connectivity index (χ1) is 9.24. The third kappa shape index (κ3) is 2.48. The number of halogens is 1. The molecule has 3 rings (SSSR count). The van der Waals surface area contributed by atoms with Crippen LogP contribution in [0.4, 0.5) is 0 Å². The summed E-state index contributed by atoms with van der Waals surface area (Å²) in [6.45, 7) is 0.717. The van der Waals surface area contributed by atoms with Gasteiger partial charge in [0.25, 0.3) is 0 Å². The fraction of sp³-hybridized carbons (Fsp3) is 0.133. The summed E-state index contributed by atoms with van der Waals surface area (Å²) >= 11 is 5.79. The van der Waals surface area contributed by atoms with Crippen LogP contribution in [0.5, 0.6) is 0 Å². The topological polar surface area (TPSA) is 38.3 Å². The molecule has 0 bridgehead atoms. The van der Waals surface area contributed by atoms with Crippen molar-refractivity contribution in [1.82, 2.24) is 5.32 Å². The highest BCUT2D eigenvalue weighted by Crippen LogP contribution is 2.26. The fourth-order valence-corrected chi connectivity index (χ4v) is 2.26. The van der Waals surface area contributed by atoms with Gasteiger partial charge >= 0.3 is 5.97 Å². The zero-order valence-corrected chi connectivity index (χ0v) is 10.9. The van der Waals surface area contributed by atoms with Gasteiger partial charge in [-0.25, -0.2) is 4.79 Å². The quantitative estimate of drug-likeness (QED) is 0.853. The summed E-state index contributed by atoms with van der Waals surface area (Å²) in [5.74, 6) is -0.356. The van der Waals surface area contributed by atoms with Gasteiger partial charge in [0.1, 0.15) is 0 Å². The number of ether oxygens (including phenoxy) is 1. The summed E-state index contributed by atoms with van der Waals surface area (Å²) in [4.78, 5) is 12.0. The smallest absolute Gasteiger partial charge is 0.339 e. The average Bonchev–Trinajstić information content (AvgIpc) is 2.83. The van der Waals surface area contributed by atoms with Crippen molar-refractivity contribution < 1.29 is 9.53 Å². The van der Waals surface area contributed by atoms with E-state index >= 15 is 0 Å². The van der Waals surface area contributed by atoms with Gasteiger partial charge in [-0.15, -0.1) is 0 Å². The first-order valence-corrected chi connectivity index (χ1v) is 6.39. The maximum Gasteiger partial charge on any atom is 0.339 e. The molecular weight excluding hydrogens is 262 g/mol. The van der Waals surface area contributed by atoms with Crippen LogP contribution in [0.15, 0.2) is 48.5 Å². The lowest BCUT2D eigenvalue weighted by atomic mass is 10.1. The number of carbonyl (C=O) groups excluding carboxylic acids is 1. The highest BCUT2D eigenvalue weighted by molar-refractivity contribution is 6.30. The van der Waals surface area contributed by atoms with Crippen LogP contribution < -0.4 is 5.32 Å². The molecule has 19 heavy (non-hydrogen) atoms. The third-order valence-electron chi connectivity index (χ3n) is 3.12. The minimum absolute atomic E-state index is 0.356. The minimum atomic E-state index is -0.376. The number of hydrogen-bond donors (Lipinski definition) is 1. The molecule has 0 aromatic heterocycles. The van der Waals surface area contributed by atoms with Gasteiger partial charge in [0.05, 0.1) is 5.56 Å². The molecular formula is C15H12ClNO2. The lowest BCUT2D eigenvalue weighted by Crippen LogP contribution is -2.19. The molecule has 1 aliphatic heterocycles. The second kappa shape index (κ2) is 5.03. The van der Waals surface area contributed by atoms with E-state index in [9.17, 15) is 4.79 Å². The zero-order chi connectivity index (χ0) is 13.2. The van der Waals surface area contributed by atoms with Crippen LogP contribution in [0, 0.1) is 0 Å². The molecule has 0 saturated heterocycles. The maximum absolute atomic E-state index is 12.0. The van der Waals surface area contributed by atoms with E-state index < -0.39 is 0 Å². The Labute approximate surface area is 116 Å². The van der Waals surface area contributed by atoms with Crippen molar-refractivity contribution in [1.29, 1.82) is 0 Å². The fourth-order valence-electron chi connectivity index (χ4n) is 2.13. The van der Waals surface area contributed by atoms with E-state index in [1.165, 1.54) is 0 Å². The van der Waals surface area contributed by atoms with Gasteiger partial charge < -0.3 is 4.74 Å². The van der Waals surface area contributed by atoms with Crippen molar-refractivity contribution in [2.45, 2.75) is 12.8 Å². The summed E-state index contributed by atoms with van der Waals surface area (Å²) in [6.07, 6.45) is -0.376. The van der Waals surface area contributed by atoms with Gasteiger partial charge in [-0.3, -0.25) is 5.32 Å². The van der Waals surface area contributed by atoms with Gasteiger partial charge in [-0.1, -0.05) is 35.9 Å². The molecule has 1 heterocycles. The van der Waals surface area contributed by atoms with Crippen LogP contribution in [0.3, 0.4) is 0 Å². The molecule has 1 aliphatic rings. The lowest BCUT2D eigenvalue weighted by Gasteiger charge is -2.13. The second-order valence-corrected chi connectivity index (χ2v) is 4.81. The van der Waals surface area contributed by atoms with E-state index in [1.807, 2.05) is 24.3 Å². The molecule has 2 aromatic carbocycles. The molecule has 0 fully saturated rings. The van der Waals surface area contributed by atoms with Crippen LogP contribution in [0.25, 0.3) is 0 Å². The highest BCUT2D eigenvalue weighted by Gasteiger charge is 2.24. The Morgan fingerprint density at radius 2 is 1.89 bits per heavy atom. The third-order valence-corrected chi connectivity index (χ3v) is 3.37. The number of rotatable bonds is 2. The summed E-state index contributed by atoms with van der Waals surface area (Å²) in [7, 11) is 0. The highest BCUT2D eigenvalue weighted by atomic mass is 35.5. The van der Waals surface area contributed by atoms with E-state index in [1.54, 1.807) is 24.3 Å². The monoisotopic (exact) mass is 273 g/mol. The number of esters is 1. The van der Waals surface area contributed by atoms with E-state index in [4.69, 9.17) is 16.3 Å². The lowest BCUT2D eigenvalue weighted by molar-refractivity contribution is 0.0237. The van der Waals surface area contributed by atoms with Crippen molar-refractivity contribution in [3.63, 3.8) is 0 Å². The van der Waals surface area contributed by atoms with Crippen LogP contribution in [-0.4, -0.2) is 5.97 Å². The standard InChI is InChI=1S/C15H12ClNO2/c16-12-7-5-10(6-8-12)15(18)19-14-13-4-2-1-3-11(13)9-17-14/h1-8,14,17H,9H2. The molecule has 1 unspecified atom stereocenters. The van der Waals surface area contributed by atoms with Crippen LogP contribution in [0.2, 0.25) is 5.02 Å². The molecule has 96 valence electrons. The first-order valence-electron chi connectivity index (χ1n) is 6.02. The van der Waals surface area contributed by atoms with Gasteiger partial charge in [-0.05, 0) is 29.8 Å². The summed E-state index contributed by atoms with van der Waals surface area (Å²) < 4.78 is 5.47. The zero-order valence-electron chi connectivity index (χ0n) is 10.1. The average molecular weight is 274 g/mol. The molecule has 0 aliphatic carbocycles. The summed E-state index contributed by atoms with van der Waals surface area (Å²) in [5, 5.41) is 3.76. The Balaban J connectivity index is 1.76. The number of carbonyl (C=O) groups is 1. The SMILES string of the molecule is O=C(OC1NCc2ccccc21)c1ccc(Cl)cc1. The normalized spacial score (nSPS) is 17.0. The summed E-state index contributed by atoms with van der Waals surface area (Å²) in [5.41, 5.74) is 2.68. The summed E-state index contributed by atoms with van der Waals surface area (Å²) in [6, 6.07) is 14.6. The van der Waals surface area contributed by atoms with Crippen molar-refractivity contribution >= 4 is 17.6 Å². The maximum atomic E-state index is 12.0. The van der Waals surface area contributed by atoms with Crippen molar-refractivity contribution in [3.8, 4) is 0 Å². The largest absolute Gasteiger partial charge is 0.439 e. The van der Waals surface area contributed by atoms with E-state index in [-0.39, 0.29) is 12.2 Å². The van der Waals surface area contributed by atoms with E-state index in [2.05, 4.69) is 5.32 Å². The van der Waals surface area contributed by atoms with Crippen molar-refractivity contribution in [2.75, 3.05) is 0 Å². The van der Waals surface area contributed by atoms with E-state index in [0.717, 1.165) is 17.7 Å². The number of hydrogen-bond acceptors (Lipinski definition) is 3. The second-order valence-electron chi connectivity index (χ2n) is 4.37. The Morgan fingerprint density at radius 1 is 1.16 bits per heavy atom. The minimum Gasteiger partial charge on any atom is -0.439 e. The predicted molar refractivity (Wildman–Crippen MR) is 72.9 cm³/mol. The Kier molecular flexibility index (Phi) is 3.23. The van der Waals surface area contributed by atoms with Gasteiger partial charge in [0, 0.05) is 17.1 Å². The molecule has 0 radical (unpaired) electrons. The predicted octanol–water partition coefficient (Wildman–Crippen LogP) is 3.30. The first kappa shape index (κ1) is 12.2.